The molecule has 8 heteroatoms. The van der Waals surface area contributed by atoms with Gasteiger partial charge >= 0.3 is 0 Å². The van der Waals surface area contributed by atoms with Gasteiger partial charge in [-0.2, -0.15) is 4.99 Å². The van der Waals surface area contributed by atoms with E-state index in [1.807, 2.05) is 36.4 Å². The van der Waals surface area contributed by atoms with E-state index in [1.165, 1.54) is 0 Å². The molecule has 0 saturated heterocycles. The van der Waals surface area contributed by atoms with Crippen LogP contribution in [-0.4, -0.2) is 23.5 Å². The molecule has 28 heavy (non-hydrogen) atoms. The summed E-state index contributed by atoms with van der Waals surface area (Å²) in [5, 5.41) is 1.05. The summed E-state index contributed by atoms with van der Waals surface area (Å²) in [5.74, 6) is -0.0348. The highest BCUT2D eigenvalue weighted by Crippen LogP contribution is 2.35. The summed E-state index contributed by atoms with van der Waals surface area (Å²) in [4.78, 5) is 15.9. The molecule has 0 fully saturated rings. The standard InChI is InChI=1S/C20H18Cl2N4O2/c1-28-14-5-2-12(3-6-14)17-8-9-18(15-10-13(21)4-7-16(15)22)26(17)11-19(27)25-20(23)24/h2-10H,11H2,1H3,(H4,23,24,25,27). The number of carbonyl (C=O) groups excluding carboxylic acids is 1. The quantitative estimate of drug-likeness (QED) is 0.486. The molecule has 0 spiro atoms. The summed E-state index contributed by atoms with van der Waals surface area (Å²) < 4.78 is 7.01. The van der Waals surface area contributed by atoms with E-state index in [1.54, 1.807) is 29.9 Å². The number of ether oxygens (including phenoxy) is 1. The summed E-state index contributed by atoms with van der Waals surface area (Å²) in [6.45, 7) is -0.0650. The zero-order chi connectivity index (χ0) is 20.3. The number of nitrogens with two attached hydrogens (primary N) is 2. The number of hydrogen-bond acceptors (Lipinski definition) is 2. The van der Waals surface area contributed by atoms with E-state index in [-0.39, 0.29) is 12.5 Å². The minimum absolute atomic E-state index is 0.0650. The molecule has 0 bridgehead atoms. The molecule has 0 radical (unpaired) electrons. The second-order valence-electron chi connectivity index (χ2n) is 5.97. The van der Waals surface area contributed by atoms with E-state index in [0.717, 1.165) is 22.7 Å². The summed E-state index contributed by atoms with van der Waals surface area (Å²) in [6.07, 6.45) is 0. The topological polar surface area (TPSA) is 95.6 Å². The molecule has 0 aliphatic carbocycles. The number of rotatable bonds is 5. The third-order valence-corrected chi connectivity index (χ3v) is 4.68. The Balaban J connectivity index is 2.14. The van der Waals surface area contributed by atoms with Gasteiger partial charge in [0, 0.05) is 21.3 Å². The van der Waals surface area contributed by atoms with Crippen LogP contribution in [0.2, 0.25) is 10.0 Å². The average Bonchev–Trinajstić information content (AvgIpc) is 3.06. The Labute approximate surface area is 172 Å². The Hall–Kier alpha value is -2.96. The Morgan fingerprint density at radius 1 is 1.04 bits per heavy atom. The van der Waals surface area contributed by atoms with Crippen LogP contribution in [0.3, 0.4) is 0 Å². The fourth-order valence-corrected chi connectivity index (χ4v) is 3.28. The molecular weight excluding hydrogens is 399 g/mol. The van der Waals surface area contributed by atoms with Crippen molar-refractivity contribution in [1.29, 1.82) is 0 Å². The molecule has 0 aliphatic rings. The largest absolute Gasteiger partial charge is 0.497 e. The molecule has 2 aromatic carbocycles. The van der Waals surface area contributed by atoms with Crippen molar-refractivity contribution in [2.75, 3.05) is 7.11 Å². The fourth-order valence-electron chi connectivity index (χ4n) is 2.90. The Morgan fingerprint density at radius 3 is 2.36 bits per heavy atom. The predicted molar refractivity (Wildman–Crippen MR) is 113 cm³/mol. The van der Waals surface area contributed by atoms with Crippen molar-refractivity contribution in [2.45, 2.75) is 6.54 Å². The third-order valence-electron chi connectivity index (χ3n) is 4.12. The zero-order valence-corrected chi connectivity index (χ0v) is 16.5. The second-order valence-corrected chi connectivity index (χ2v) is 6.82. The van der Waals surface area contributed by atoms with Crippen LogP contribution in [0.4, 0.5) is 0 Å². The van der Waals surface area contributed by atoms with Gasteiger partial charge in [0.05, 0.1) is 12.8 Å². The maximum atomic E-state index is 12.3. The SMILES string of the molecule is COc1ccc(-c2ccc(-c3cc(Cl)ccc3Cl)n2CC(=O)N=C(N)N)cc1. The zero-order valence-electron chi connectivity index (χ0n) is 15.0. The number of guanidine groups is 1. The van der Waals surface area contributed by atoms with Crippen LogP contribution in [0.5, 0.6) is 5.75 Å². The number of halogens is 2. The maximum absolute atomic E-state index is 12.3. The van der Waals surface area contributed by atoms with Gasteiger partial charge in [-0.25, -0.2) is 0 Å². The lowest BCUT2D eigenvalue weighted by atomic mass is 10.1. The van der Waals surface area contributed by atoms with Crippen LogP contribution in [0, 0.1) is 0 Å². The maximum Gasteiger partial charge on any atom is 0.268 e. The molecule has 1 heterocycles. The van der Waals surface area contributed by atoms with Crippen molar-refractivity contribution in [2.24, 2.45) is 16.5 Å². The highest BCUT2D eigenvalue weighted by Gasteiger charge is 2.17. The van der Waals surface area contributed by atoms with Gasteiger partial charge in [-0.1, -0.05) is 23.2 Å². The van der Waals surface area contributed by atoms with Crippen LogP contribution in [0.1, 0.15) is 0 Å². The van der Waals surface area contributed by atoms with Crippen molar-refractivity contribution < 1.29 is 9.53 Å². The number of carbonyl (C=O) groups is 1. The third kappa shape index (κ3) is 4.30. The van der Waals surface area contributed by atoms with Crippen LogP contribution >= 0.6 is 23.2 Å². The van der Waals surface area contributed by atoms with Crippen LogP contribution in [0.25, 0.3) is 22.5 Å². The molecule has 1 aromatic heterocycles. The molecule has 3 aromatic rings. The molecule has 0 atom stereocenters. The first-order chi connectivity index (χ1) is 13.4. The highest BCUT2D eigenvalue weighted by molar-refractivity contribution is 6.35. The Bertz CT molecular complexity index is 1040. The van der Waals surface area contributed by atoms with Crippen LogP contribution in [-0.2, 0) is 11.3 Å². The summed E-state index contributed by atoms with van der Waals surface area (Å²) in [6, 6.07) is 16.4. The number of aromatic nitrogens is 1. The van der Waals surface area contributed by atoms with Crippen molar-refractivity contribution in [1.82, 2.24) is 4.57 Å². The van der Waals surface area contributed by atoms with Crippen molar-refractivity contribution in [3.63, 3.8) is 0 Å². The molecule has 3 rings (SSSR count). The van der Waals surface area contributed by atoms with E-state index in [9.17, 15) is 4.79 Å². The van der Waals surface area contributed by atoms with Gasteiger partial charge in [-0.15, -0.1) is 0 Å². The minimum atomic E-state index is -0.481. The molecule has 0 unspecified atom stereocenters. The van der Waals surface area contributed by atoms with E-state index in [0.29, 0.717) is 15.6 Å². The summed E-state index contributed by atoms with van der Waals surface area (Å²) in [7, 11) is 1.60. The van der Waals surface area contributed by atoms with Gasteiger partial charge in [-0.05, 0) is 60.2 Å². The van der Waals surface area contributed by atoms with Gasteiger partial charge in [0.2, 0.25) is 0 Å². The lowest BCUT2D eigenvalue weighted by Crippen LogP contribution is -2.25. The van der Waals surface area contributed by atoms with E-state index in [2.05, 4.69) is 4.99 Å². The number of methoxy groups -OCH3 is 1. The van der Waals surface area contributed by atoms with Gasteiger partial charge in [0.1, 0.15) is 12.3 Å². The molecule has 144 valence electrons. The van der Waals surface area contributed by atoms with Crippen molar-refractivity contribution >= 4 is 35.1 Å². The Kier molecular flexibility index (Phi) is 5.92. The summed E-state index contributed by atoms with van der Waals surface area (Å²) >= 11 is 12.5. The normalized spacial score (nSPS) is 10.5. The van der Waals surface area contributed by atoms with E-state index in [4.69, 9.17) is 39.4 Å². The Morgan fingerprint density at radius 2 is 1.71 bits per heavy atom. The predicted octanol–water partition coefficient (Wildman–Crippen LogP) is 3.94. The number of nitrogens with zero attached hydrogens (tertiary/aromatic N) is 2. The number of hydrogen-bond donors (Lipinski definition) is 2. The second kappa shape index (κ2) is 8.37. The van der Waals surface area contributed by atoms with Crippen molar-refractivity contribution in [3.05, 3.63) is 64.6 Å². The first kappa shape index (κ1) is 19.8. The number of amides is 1. The van der Waals surface area contributed by atoms with E-state index >= 15 is 0 Å². The molecule has 1 amide bonds. The first-order valence-corrected chi connectivity index (χ1v) is 9.06. The molecular formula is C20H18Cl2N4O2. The molecule has 6 nitrogen and oxygen atoms in total. The monoisotopic (exact) mass is 416 g/mol. The minimum Gasteiger partial charge on any atom is -0.497 e. The summed E-state index contributed by atoms with van der Waals surface area (Å²) in [5.41, 5.74) is 13.8. The highest BCUT2D eigenvalue weighted by atomic mass is 35.5. The average molecular weight is 417 g/mol. The van der Waals surface area contributed by atoms with Crippen LogP contribution in [0.15, 0.2) is 59.6 Å². The molecule has 0 saturated carbocycles. The van der Waals surface area contributed by atoms with Gasteiger partial charge in [0.25, 0.3) is 5.91 Å². The lowest BCUT2D eigenvalue weighted by molar-refractivity contribution is -0.118. The van der Waals surface area contributed by atoms with Gasteiger partial charge in [0.15, 0.2) is 5.96 Å². The van der Waals surface area contributed by atoms with Crippen LogP contribution < -0.4 is 16.2 Å². The smallest absolute Gasteiger partial charge is 0.268 e. The van der Waals surface area contributed by atoms with Crippen molar-refractivity contribution in [3.8, 4) is 28.3 Å². The van der Waals surface area contributed by atoms with Gasteiger partial charge < -0.3 is 20.8 Å². The van der Waals surface area contributed by atoms with Gasteiger partial charge in [-0.3, -0.25) is 4.79 Å². The van der Waals surface area contributed by atoms with E-state index < -0.39 is 5.91 Å². The molecule has 0 aliphatic heterocycles. The first-order valence-electron chi connectivity index (χ1n) is 8.31. The fraction of sp³-hybridized carbons (Fsp3) is 0.100. The number of aliphatic imine (C=N–C) groups is 1. The molecule has 4 N–H and O–H groups in total. The number of benzene rings is 2. The lowest BCUT2D eigenvalue weighted by Gasteiger charge is -2.14.